The maximum Gasteiger partial charge on any atom is 0.320 e. The Morgan fingerprint density at radius 1 is 1.22 bits per heavy atom. The third-order valence-corrected chi connectivity index (χ3v) is 6.26. The topological polar surface area (TPSA) is 186 Å². The predicted octanol–water partition coefficient (Wildman–Crippen LogP) is 0.154. The van der Waals surface area contributed by atoms with E-state index in [1.165, 1.54) is 17.2 Å². The monoisotopic (exact) mass is 497 g/mol. The molecule has 0 saturated carbocycles. The first-order valence-electron chi connectivity index (χ1n) is 11.6. The number of carbonyl (C=O) groups is 1. The fraction of sp³-hybridized carbons (Fsp3) is 0.417. The molecule has 2 aromatic heterocycles. The summed E-state index contributed by atoms with van der Waals surface area (Å²) in [4.78, 5) is 25.4. The minimum absolute atomic E-state index is 0.199. The molecule has 192 valence electrons. The van der Waals surface area contributed by atoms with E-state index in [4.69, 9.17) is 21.3 Å². The number of hydrogen-bond acceptors (Lipinski definition) is 10. The van der Waals surface area contributed by atoms with Crippen LogP contribution in [-0.2, 0) is 9.53 Å². The van der Waals surface area contributed by atoms with Crippen molar-refractivity contribution in [2.24, 2.45) is 5.73 Å². The molecular formula is C24H31N7O5. The molecule has 4 rings (SSSR count). The van der Waals surface area contributed by atoms with E-state index in [0.29, 0.717) is 24.3 Å². The lowest BCUT2D eigenvalue weighted by Crippen LogP contribution is -2.42. The number of aryl methyl sites for hydroxylation is 1. The molecule has 0 unspecified atom stereocenters. The van der Waals surface area contributed by atoms with Crippen LogP contribution >= 0.6 is 0 Å². The van der Waals surface area contributed by atoms with Gasteiger partial charge < -0.3 is 31.5 Å². The van der Waals surface area contributed by atoms with Gasteiger partial charge in [-0.2, -0.15) is 0 Å². The Hall–Kier alpha value is -3.42. The number of imidazole rings is 1. The highest BCUT2D eigenvalue weighted by molar-refractivity contribution is 5.81. The van der Waals surface area contributed by atoms with E-state index in [9.17, 15) is 15.0 Å². The van der Waals surface area contributed by atoms with Crippen LogP contribution in [0.5, 0.6) is 0 Å². The number of aliphatic hydroxyl groups excluding tert-OH is 2. The Kier molecular flexibility index (Phi) is 7.91. The molecule has 0 bridgehead atoms. The highest BCUT2D eigenvalue weighted by Crippen LogP contribution is 2.32. The van der Waals surface area contributed by atoms with Gasteiger partial charge in [0.25, 0.3) is 0 Å². The molecule has 1 aliphatic rings. The van der Waals surface area contributed by atoms with E-state index in [1.54, 1.807) is 0 Å². The van der Waals surface area contributed by atoms with Crippen LogP contribution in [0.2, 0.25) is 0 Å². The lowest BCUT2D eigenvalue weighted by atomic mass is 10.1. The zero-order valence-electron chi connectivity index (χ0n) is 19.9. The average Bonchev–Trinajstić information content (AvgIpc) is 3.40. The molecule has 36 heavy (non-hydrogen) atoms. The molecule has 0 spiro atoms. The number of carboxylic acids is 1. The molecule has 1 saturated heterocycles. The summed E-state index contributed by atoms with van der Waals surface area (Å²) in [5.74, 6) is -0.879. The van der Waals surface area contributed by atoms with E-state index in [-0.39, 0.29) is 18.8 Å². The van der Waals surface area contributed by atoms with Crippen LogP contribution in [0.15, 0.2) is 43.0 Å². The Labute approximate surface area is 207 Å². The van der Waals surface area contributed by atoms with Crippen LogP contribution in [0.4, 0.5) is 5.82 Å². The van der Waals surface area contributed by atoms with Crippen LogP contribution in [0.25, 0.3) is 17.2 Å². The summed E-state index contributed by atoms with van der Waals surface area (Å²) in [6, 6.07) is 7.04. The largest absolute Gasteiger partial charge is 0.480 e. The first kappa shape index (κ1) is 25.7. The number of hydrogen-bond donors (Lipinski definition) is 5. The van der Waals surface area contributed by atoms with Crippen molar-refractivity contribution in [2.45, 2.75) is 43.9 Å². The normalized spacial score (nSPS) is 23.1. The van der Waals surface area contributed by atoms with Crippen LogP contribution in [-0.4, -0.2) is 89.7 Å². The first-order chi connectivity index (χ1) is 17.2. The number of aliphatic hydroxyl groups is 2. The molecule has 3 heterocycles. The van der Waals surface area contributed by atoms with Gasteiger partial charge in [0.1, 0.15) is 36.2 Å². The Bertz CT molecular complexity index is 1220. The van der Waals surface area contributed by atoms with Gasteiger partial charge in [-0.05, 0) is 18.9 Å². The van der Waals surface area contributed by atoms with E-state index >= 15 is 0 Å². The highest BCUT2D eigenvalue weighted by Gasteiger charge is 2.44. The van der Waals surface area contributed by atoms with Gasteiger partial charge in [0, 0.05) is 19.6 Å². The average molecular weight is 498 g/mol. The Morgan fingerprint density at radius 3 is 2.69 bits per heavy atom. The van der Waals surface area contributed by atoms with Crippen molar-refractivity contribution >= 4 is 29.0 Å². The zero-order valence-corrected chi connectivity index (χ0v) is 19.9. The number of aromatic nitrogens is 4. The molecule has 12 heteroatoms. The van der Waals surface area contributed by atoms with Crippen molar-refractivity contribution in [1.82, 2.24) is 24.4 Å². The summed E-state index contributed by atoms with van der Waals surface area (Å²) in [6.07, 6.45) is 2.74. The van der Waals surface area contributed by atoms with Gasteiger partial charge >= 0.3 is 5.97 Å². The number of carboxylic acid groups (broad SMARTS) is 1. The SMILES string of the molecule is Cc1ccc(/C=C/CN(CC[C@H](N)C(=O)O)C[C@H]2O[C@@H](n3cnc4c(N)ncnc43)[C@H](O)[C@@H]2O)cc1. The van der Waals surface area contributed by atoms with Gasteiger partial charge in [-0.25, -0.2) is 15.0 Å². The maximum absolute atomic E-state index is 11.2. The fourth-order valence-corrected chi connectivity index (χ4v) is 4.14. The second kappa shape index (κ2) is 11.1. The van der Waals surface area contributed by atoms with Crippen molar-refractivity contribution in [2.75, 3.05) is 25.4 Å². The van der Waals surface area contributed by atoms with Crippen molar-refractivity contribution in [1.29, 1.82) is 0 Å². The Balaban J connectivity index is 1.48. The summed E-state index contributed by atoms with van der Waals surface area (Å²) in [5, 5.41) is 30.7. The summed E-state index contributed by atoms with van der Waals surface area (Å²) in [5.41, 5.74) is 14.5. The fourth-order valence-electron chi connectivity index (χ4n) is 4.14. The number of ether oxygens (including phenoxy) is 1. The molecule has 7 N–H and O–H groups in total. The summed E-state index contributed by atoms with van der Waals surface area (Å²) >= 11 is 0. The van der Waals surface area contributed by atoms with E-state index in [1.807, 2.05) is 48.2 Å². The summed E-state index contributed by atoms with van der Waals surface area (Å²) in [6.45, 7) is 3.08. The maximum atomic E-state index is 11.2. The van der Waals surface area contributed by atoms with Gasteiger partial charge in [0.05, 0.1) is 6.33 Å². The number of fused-ring (bicyclic) bond motifs is 1. The highest BCUT2D eigenvalue weighted by atomic mass is 16.6. The molecular weight excluding hydrogens is 466 g/mol. The van der Waals surface area contributed by atoms with Crippen molar-refractivity contribution in [3.8, 4) is 0 Å². The number of nitrogens with zero attached hydrogens (tertiary/aromatic N) is 5. The molecule has 0 radical (unpaired) electrons. The summed E-state index contributed by atoms with van der Waals surface area (Å²) < 4.78 is 7.57. The molecule has 0 amide bonds. The van der Waals surface area contributed by atoms with E-state index < -0.39 is 36.6 Å². The quantitative estimate of drug-likeness (QED) is 0.257. The number of rotatable bonds is 10. The minimum Gasteiger partial charge on any atom is -0.480 e. The standard InChI is InChI=1S/C24H31N7O5/c1-14-4-6-15(7-5-14)3-2-9-30(10-8-16(25)24(34)35)11-17-19(32)20(33)23(36-17)31-13-29-18-21(26)27-12-28-22(18)31/h2-7,12-13,16-17,19-20,23,32-33H,8-11,25H2,1H3,(H,34,35)(H2,26,27,28)/b3-2+/t16-,17+,19+,20+,23+/m0/s1. The predicted molar refractivity (Wildman–Crippen MR) is 133 cm³/mol. The minimum atomic E-state index is -1.24. The van der Waals surface area contributed by atoms with E-state index in [0.717, 1.165) is 11.1 Å². The molecule has 1 fully saturated rings. The van der Waals surface area contributed by atoms with Crippen LogP contribution in [0.1, 0.15) is 23.8 Å². The smallest absolute Gasteiger partial charge is 0.320 e. The Morgan fingerprint density at radius 2 is 1.97 bits per heavy atom. The van der Waals surface area contributed by atoms with Gasteiger partial charge in [-0.15, -0.1) is 0 Å². The third kappa shape index (κ3) is 5.69. The second-order valence-electron chi connectivity index (χ2n) is 8.94. The van der Waals surface area contributed by atoms with Gasteiger partial charge in [-0.3, -0.25) is 14.3 Å². The third-order valence-electron chi connectivity index (χ3n) is 6.26. The molecule has 3 aromatic rings. The molecule has 0 aliphatic carbocycles. The van der Waals surface area contributed by atoms with Crippen LogP contribution in [0, 0.1) is 6.92 Å². The van der Waals surface area contributed by atoms with E-state index in [2.05, 4.69) is 15.0 Å². The molecule has 1 aliphatic heterocycles. The molecule has 12 nitrogen and oxygen atoms in total. The number of aliphatic carboxylic acids is 1. The number of benzene rings is 1. The van der Waals surface area contributed by atoms with Crippen molar-refractivity contribution < 1.29 is 24.9 Å². The van der Waals surface area contributed by atoms with Gasteiger partial charge in [0.2, 0.25) is 0 Å². The number of anilines is 1. The zero-order chi connectivity index (χ0) is 25.8. The van der Waals surface area contributed by atoms with Crippen LogP contribution in [0.3, 0.4) is 0 Å². The van der Waals surface area contributed by atoms with Gasteiger partial charge in [0.15, 0.2) is 17.7 Å². The first-order valence-corrected chi connectivity index (χ1v) is 11.6. The number of nitrogen functional groups attached to an aromatic ring is 1. The van der Waals surface area contributed by atoms with Gasteiger partial charge in [-0.1, -0.05) is 42.0 Å². The lowest BCUT2D eigenvalue weighted by molar-refractivity contribution is -0.138. The lowest BCUT2D eigenvalue weighted by Gasteiger charge is -2.26. The summed E-state index contributed by atoms with van der Waals surface area (Å²) in [7, 11) is 0. The number of nitrogens with two attached hydrogens (primary N) is 2. The molecule has 1 aromatic carbocycles. The van der Waals surface area contributed by atoms with Crippen molar-refractivity contribution in [3.05, 3.63) is 54.1 Å². The van der Waals surface area contributed by atoms with Crippen molar-refractivity contribution in [3.63, 3.8) is 0 Å². The molecule has 5 atom stereocenters. The second-order valence-corrected chi connectivity index (χ2v) is 8.94. The van der Waals surface area contributed by atoms with Crippen LogP contribution < -0.4 is 11.5 Å².